The highest BCUT2D eigenvalue weighted by atomic mass is 32.1. The van der Waals surface area contributed by atoms with Gasteiger partial charge in [0.05, 0.1) is 23.4 Å². The van der Waals surface area contributed by atoms with Crippen LogP contribution in [0.25, 0.3) is 32.0 Å². The SMILES string of the molecule is NC(=O)c1cccc(-c2cc3nc(-c4ccc(N)nc4)nc(N4CCOCC4)c3s2)c1. The lowest BCUT2D eigenvalue weighted by Gasteiger charge is -2.28. The first-order valence-electron chi connectivity index (χ1n) is 9.85. The first-order chi connectivity index (χ1) is 15.1. The van der Waals surface area contributed by atoms with Crippen LogP contribution in [0.1, 0.15) is 10.4 Å². The predicted molar refractivity (Wildman–Crippen MR) is 122 cm³/mol. The monoisotopic (exact) mass is 432 g/mol. The van der Waals surface area contributed by atoms with E-state index < -0.39 is 5.91 Å². The van der Waals surface area contributed by atoms with Gasteiger partial charge in [0.15, 0.2) is 11.6 Å². The van der Waals surface area contributed by atoms with Gasteiger partial charge in [-0.25, -0.2) is 15.0 Å². The van der Waals surface area contributed by atoms with Crippen LogP contribution in [0.3, 0.4) is 0 Å². The molecular formula is C22H20N6O2S. The Kier molecular flexibility index (Phi) is 4.97. The number of primary amides is 1. The molecular weight excluding hydrogens is 412 g/mol. The highest BCUT2D eigenvalue weighted by Crippen LogP contribution is 2.39. The molecule has 9 heteroatoms. The quantitative estimate of drug-likeness (QED) is 0.509. The zero-order chi connectivity index (χ0) is 21.4. The van der Waals surface area contributed by atoms with Gasteiger partial charge in [0, 0.05) is 35.3 Å². The summed E-state index contributed by atoms with van der Waals surface area (Å²) >= 11 is 1.60. The molecule has 1 aromatic carbocycles. The van der Waals surface area contributed by atoms with Crippen LogP contribution >= 0.6 is 11.3 Å². The van der Waals surface area contributed by atoms with Crippen molar-refractivity contribution in [3.8, 4) is 21.8 Å². The van der Waals surface area contributed by atoms with Crippen molar-refractivity contribution in [2.75, 3.05) is 36.9 Å². The average molecular weight is 433 g/mol. The fraction of sp³-hybridized carbons (Fsp3) is 0.182. The zero-order valence-electron chi connectivity index (χ0n) is 16.6. The number of carbonyl (C=O) groups is 1. The zero-order valence-corrected chi connectivity index (χ0v) is 17.4. The van der Waals surface area contributed by atoms with Gasteiger partial charge in [-0.05, 0) is 35.9 Å². The molecule has 0 aliphatic carbocycles. The molecule has 0 radical (unpaired) electrons. The van der Waals surface area contributed by atoms with Gasteiger partial charge < -0.3 is 21.1 Å². The summed E-state index contributed by atoms with van der Waals surface area (Å²) in [6.07, 6.45) is 1.68. The minimum Gasteiger partial charge on any atom is -0.384 e. The summed E-state index contributed by atoms with van der Waals surface area (Å²) < 4.78 is 6.52. The van der Waals surface area contributed by atoms with Gasteiger partial charge in [-0.1, -0.05) is 12.1 Å². The highest BCUT2D eigenvalue weighted by molar-refractivity contribution is 7.22. The average Bonchev–Trinajstić information content (AvgIpc) is 3.24. The minimum absolute atomic E-state index is 0.449. The number of nitrogens with two attached hydrogens (primary N) is 2. The van der Waals surface area contributed by atoms with Crippen LogP contribution in [0.4, 0.5) is 11.6 Å². The summed E-state index contributed by atoms with van der Waals surface area (Å²) in [7, 11) is 0. The third-order valence-corrected chi connectivity index (χ3v) is 6.31. The summed E-state index contributed by atoms with van der Waals surface area (Å²) in [5, 5.41) is 0. The summed E-state index contributed by atoms with van der Waals surface area (Å²) in [4.78, 5) is 28.7. The van der Waals surface area contributed by atoms with E-state index in [9.17, 15) is 4.79 Å². The summed E-state index contributed by atoms with van der Waals surface area (Å²) in [6.45, 7) is 2.83. The molecule has 1 aliphatic heterocycles. The van der Waals surface area contributed by atoms with E-state index in [0.29, 0.717) is 30.4 Å². The van der Waals surface area contributed by atoms with Crippen LogP contribution in [0.5, 0.6) is 0 Å². The van der Waals surface area contributed by atoms with E-state index in [1.54, 1.807) is 35.7 Å². The molecule has 4 heterocycles. The number of anilines is 2. The maximum atomic E-state index is 11.6. The number of nitrogen functional groups attached to an aromatic ring is 1. The molecule has 1 aliphatic rings. The third kappa shape index (κ3) is 3.80. The van der Waals surface area contributed by atoms with Crippen molar-refractivity contribution in [3.05, 3.63) is 54.2 Å². The molecule has 31 heavy (non-hydrogen) atoms. The van der Waals surface area contributed by atoms with Crippen LogP contribution in [0, 0.1) is 0 Å². The molecule has 0 bridgehead atoms. The summed E-state index contributed by atoms with van der Waals surface area (Å²) in [6, 6.07) is 13.0. The van der Waals surface area contributed by atoms with E-state index >= 15 is 0 Å². The number of aromatic nitrogens is 3. The number of amides is 1. The van der Waals surface area contributed by atoms with Crippen LogP contribution < -0.4 is 16.4 Å². The number of pyridine rings is 1. The number of rotatable bonds is 4. The maximum absolute atomic E-state index is 11.6. The number of carbonyl (C=O) groups excluding carboxylic acids is 1. The van der Waals surface area contributed by atoms with Gasteiger partial charge in [0.2, 0.25) is 5.91 Å². The van der Waals surface area contributed by atoms with Crippen molar-refractivity contribution in [1.82, 2.24) is 15.0 Å². The molecule has 0 spiro atoms. The van der Waals surface area contributed by atoms with Gasteiger partial charge in [-0.2, -0.15) is 0 Å². The number of morpholine rings is 1. The van der Waals surface area contributed by atoms with Crippen LogP contribution in [-0.2, 0) is 4.74 Å². The number of nitrogens with zero attached hydrogens (tertiary/aromatic N) is 4. The van der Waals surface area contributed by atoms with Gasteiger partial charge in [0.25, 0.3) is 0 Å². The van der Waals surface area contributed by atoms with Crippen molar-refractivity contribution in [1.29, 1.82) is 0 Å². The van der Waals surface area contributed by atoms with Gasteiger partial charge in [-0.3, -0.25) is 4.79 Å². The lowest BCUT2D eigenvalue weighted by atomic mass is 10.1. The Labute approximate surface area is 182 Å². The second-order valence-corrected chi connectivity index (χ2v) is 8.26. The first kappa shape index (κ1) is 19.4. The number of hydrogen-bond acceptors (Lipinski definition) is 8. The second-order valence-electron chi connectivity index (χ2n) is 7.21. The molecule has 4 N–H and O–H groups in total. The lowest BCUT2D eigenvalue weighted by molar-refractivity contribution is 0.100. The molecule has 156 valence electrons. The number of ether oxygens (including phenoxy) is 1. The lowest BCUT2D eigenvalue weighted by Crippen LogP contribution is -2.36. The predicted octanol–water partition coefficient (Wildman–Crippen LogP) is 2.94. The summed E-state index contributed by atoms with van der Waals surface area (Å²) in [5.41, 5.74) is 14.2. The molecule has 4 aromatic rings. The molecule has 1 amide bonds. The Morgan fingerprint density at radius 1 is 1.06 bits per heavy atom. The molecule has 1 saturated heterocycles. The van der Waals surface area contributed by atoms with E-state index in [0.717, 1.165) is 45.1 Å². The topological polar surface area (TPSA) is 120 Å². The molecule has 8 nitrogen and oxygen atoms in total. The normalized spacial score (nSPS) is 14.1. The third-order valence-electron chi connectivity index (χ3n) is 5.14. The number of benzene rings is 1. The Hall–Kier alpha value is -3.56. The number of hydrogen-bond donors (Lipinski definition) is 2. The summed E-state index contributed by atoms with van der Waals surface area (Å²) in [5.74, 6) is 1.47. The van der Waals surface area contributed by atoms with Crippen molar-refractivity contribution >= 4 is 39.1 Å². The van der Waals surface area contributed by atoms with E-state index in [-0.39, 0.29) is 0 Å². The molecule has 0 atom stereocenters. The van der Waals surface area contributed by atoms with E-state index in [4.69, 9.17) is 26.2 Å². The van der Waals surface area contributed by atoms with E-state index in [1.807, 2.05) is 24.3 Å². The van der Waals surface area contributed by atoms with Crippen LogP contribution in [0.15, 0.2) is 48.7 Å². The van der Waals surface area contributed by atoms with E-state index in [2.05, 4.69) is 9.88 Å². The van der Waals surface area contributed by atoms with Crippen LogP contribution in [-0.4, -0.2) is 47.2 Å². The largest absolute Gasteiger partial charge is 0.384 e. The smallest absolute Gasteiger partial charge is 0.248 e. The Bertz CT molecular complexity index is 1260. The molecule has 0 saturated carbocycles. The van der Waals surface area contributed by atoms with Crippen molar-refractivity contribution in [2.45, 2.75) is 0 Å². The Morgan fingerprint density at radius 2 is 1.90 bits per heavy atom. The van der Waals surface area contributed by atoms with Gasteiger partial charge in [-0.15, -0.1) is 11.3 Å². The highest BCUT2D eigenvalue weighted by Gasteiger charge is 2.21. The molecule has 0 unspecified atom stereocenters. The van der Waals surface area contributed by atoms with Gasteiger partial charge >= 0.3 is 0 Å². The van der Waals surface area contributed by atoms with Crippen molar-refractivity contribution < 1.29 is 9.53 Å². The second kappa shape index (κ2) is 7.93. The minimum atomic E-state index is -0.449. The Balaban J connectivity index is 1.67. The van der Waals surface area contributed by atoms with Crippen LogP contribution in [0.2, 0.25) is 0 Å². The molecule has 3 aromatic heterocycles. The fourth-order valence-electron chi connectivity index (χ4n) is 3.54. The maximum Gasteiger partial charge on any atom is 0.248 e. The first-order valence-corrected chi connectivity index (χ1v) is 10.7. The number of thiophene rings is 1. The molecule has 1 fully saturated rings. The van der Waals surface area contributed by atoms with Crippen molar-refractivity contribution in [3.63, 3.8) is 0 Å². The number of fused-ring (bicyclic) bond motifs is 1. The fourth-order valence-corrected chi connectivity index (χ4v) is 4.65. The molecule has 5 rings (SSSR count). The van der Waals surface area contributed by atoms with Gasteiger partial charge in [0.1, 0.15) is 5.82 Å². The standard InChI is InChI=1S/C22H20N6O2S/c23-18-5-4-15(12-25-18)21-26-16-11-17(13-2-1-3-14(10-13)20(24)29)31-19(16)22(27-21)28-6-8-30-9-7-28/h1-5,10-12H,6-9H2,(H2,23,25)(H2,24,29). The van der Waals surface area contributed by atoms with E-state index in [1.165, 1.54) is 0 Å². The Morgan fingerprint density at radius 3 is 2.65 bits per heavy atom. The van der Waals surface area contributed by atoms with Crippen molar-refractivity contribution in [2.24, 2.45) is 5.73 Å².